The molecule has 2 aromatic rings. The lowest BCUT2D eigenvalue weighted by Gasteiger charge is -2.18. The van der Waals surface area contributed by atoms with Gasteiger partial charge in [-0.1, -0.05) is 18.2 Å². The molecule has 7 heteroatoms. The molecule has 0 amide bonds. The Morgan fingerprint density at radius 2 is 1.71 bits per heavy atom. The average molecular weight is 363 g/mol. The van der Waals surface area contributed by atoms with E-state index in [1.165, 1.54) is 12.1 Å². The summed E-state index contributed by atoms with van der Waals surface area (Å²) in [4.78, 5) is 0. The number of rotatable bonds is 4. The predicted molar refractivity (Wildman–Crippen MR) is 74.2 cm³/mol. The fourth-order valence-electron chi connectivity index (χ4n) is 1.99. The van der Waals surface area contributed by atoms with E-state index in [1.54, 1.807) is 6.07 Å². The molecular weight excluding hydrogens is 352 g/mol. The first-order chi connectivity index (χ1) is 9.95. The van der Waals surface area contributed by atoms with E-state index >= 15 is 0 Å². The highest BCUT2D eigenvalue weighted by Gasteiger charge is 2.21. The van der Waals surface area contributed by atoms with Gasteiger partial charge in [-0.3, -0.25) is 11.3 Å². The molecule has 0 spiro atoms. The molecule has 0 aromatic heterocycles. The highest BCUT2D eigenvalue weighted by molar-refractivity contribution is 9.10. The molecule has 0 fully saturated rings. The minimum absolute atomic E-state index is 0.0941. The first-order valence-electron chi connectivity index (χ1n) is 5.98. The molecule has 3 N–H and O–H groups in total. The van der Waals surface area contributed by atoms with Gasteiger partial charge in [0.15, 0.2) is 17.5 Å². The highest BCUT2D eigenvalue weighted by atomic mass is 79.9. The number of nitrogens with two attached hydrogens (primary N) is 1. The molecule has 112 valence electrons. The van der Waals surface area contributed by atoms with Gasteiger partial charge >= 0.3 is 0 Å². The zero-order valence-corrected chi connectivity index (χ0v) is 12.2. The molecule has 21 heavy (non-hydrogen) atoms. The van der Waals surface area contributed by atoms with E-state index < -0.39 is 29.3 Å². The maximum atomic E-state index is 13.8. The van der Waals surface area contributed by atoms with Crippen LogP contribution in [0.4, 0.5) is 17.6 Å². The second-order valence-corrected chi connectivity index (χ2v) is 5.19. The zero-order chi connectivity index (χ0) is 15.6. The third-order valence-corrected chi connectivity index (χ3v) is 3.99. The molecule has 0 aliphatic heterocycles. The molecule has 1 atom stereocenters. The summed E-state index contributed by atoms with van der Waals surface area (Å²) in [6.07, 6.45) is 0.0941. The van der Waals surface area contributed by atoms with Crippen LogP contribution < -0.4 is 11.3 Å². The van der Waals surface area contributed by atoms with Crippen molar-refractivity contribution in [3.8, 4) is 0 Å². The van der Waals surface area contributed by atoms with Crippen LogP contribution in [0.2, 0.25) is 0 Å². The summed E-state index contributed by atoms with van der Waals surface area (Å²) in [6, 6.07) is 5.46. The molecule has 0 aliphatic carbocycles. The number of hydrogen-bond donors (Lipinski definition) is 2. The Bertz CT molecular complexity index is 664. The lowest BCUT2D eigenvalue weighted by Crippen LogP contribution is -2.30. The van der Waals surface area contributed by atoms with Crippen molar-refractivity contribution in [2.75, 3.05) is 0 Å². The van der Waals surface area contributed by atoms with E-state index in [1.807, 2.05) is 0 Å². The minimum Gasteiger partial charge on any atom is -0.271 e. The van der Waals surface area contributed by atoms with Gasteiger partial charge in [-0.05, 0) is 40.0 Å². The van der Waals surface area contributed by atoms with Crippen molar-refractivity contribution in [1.29, 1.82) is 0 Å². The van der Waals surface area contributed by atoms with Gasteiger partial charge in [-0.15, -0.1) is 0 Å². The maximum Gasteiger partial charge on any atom is 0.194 e. The van der Waals surface area contributed by atoms with Crippen molar-refractivity contribution in [3.63, 3.8) is 0 Å². The van der Waals surface area contributed by atoms with Gasteiger partial charge < -0.3 is 0 Å². The second-order valence-electron chi connectivity index (χ2n) is 4.40. The van der Waals surface area contributed by atoms with E-state index in [0.29, 0.717) is 5.56 Å². The molecular formula is C14H11BrF4N2. The van der Waals surface area contributed by atoms with E-state index in [-0.39, 0.29) is 16.5 Å². The van der Waals surface area contributed by atoms with Crippen LogP contribution in [0.1, 0.15) is 17.2 Å². The van der Waals surface area contributed by atoms with Crippen LogP contribution in [-0.4, -0.2) is 0 Å². The van der Waals surface area contributed by atoms with Gasteiger partial charge in [0.1, 0.15) is 5.82 Å². The minimum atomic E-state index is -1.56. The van der Waals surface area contributed by atoms with E-state index in [4.69, 9.17) is 5.84 Å². The molecule has 2 nitrogen and oxygen atoms in total. The summed E-state index contributed by atoms with van der Waals surface area (Å²) >= 11 is 3.08. The Morgan fingerprint density at radius 1 is 1.00 bits per heavy atom. The predicted octanol–water partition coefficient (Wildman–Crippen LogP) is 3.75. The quantitative estimate of drug-likeness (QED) is 0.376. The maximum absolute atomic E-state index is 13.8. The highest BCUT2D eigenvalue weighted by Crippen LogP contribution is 2.28. The van der Waals surface area contributed by atoms with Crippen molar-refractivity contribution in [1.82, 2.24) is 5.43 Å². The first-order valence-corrected chi connectivity index (χ1v) is 6.77. The van der Waals surface area contributed by atoms with Crippen LogP contribution in [0, 0.1) is 23.3 Å². The summed E-state index contributed by atoms with van der Waals surface area (Å²) in [5.41, 5.74) is 2.71. The van der Waals surface area contributed by atoms with Gasteiger partial charge in [0.2, 0.25) is 0 Å². The second kappa shape index (κ2) is 6.55. The van der Waals surface area contributed by atoms with Crippen LogP contribution in [-0.2, 0) is 6.42 Å². The third-order valence-electron chi connectivity index (χ3n) is 3.10. The molecule has 2 rings (SSSR count). The van der Waals surface area contributed by atoms with Crippen molar-refractivity contribution in [2.24, 2.45) is 5.84 Å². The summed E-state index contributed by atoms with van der Waals surface area (Å²) in [6.45, 7) is 0. The number of halogens is 5. The van der Waals surface area contributed by atoms with Crippen LogP contribution in [0.3, 0.4) is 0 Å². The molecule has 0 saturated carbocycles. The van der Waals surface area contributed by atoms with Gasteiger partial charge in [-0.25, -0.2) is 17.6 Å². The zero-order valence-electron chi connectivity index (χ0n) is 10.6. The number of nitrogens with one attached hydrogen (secondary N) is 1. The van der Waals surface area contributed by atoms with Crippen molar-refractivity contribution < 1.29 is 17.6 Å². The SMILES string of the molecule is NNC(Cc1cccc(F)c1Br)c1ccc(F)c(F)c1F. The van der Waals surface area contributed by atoms with E-state index in [9.17, 15) is 17.6 Å². The van der Waals surface area contributed by atoms with Gasteiger partial charge in [0.25, 0.3) is 0 Å². The lowest BCUT2D eigenvalue weighted by atomic mass is 9.98. The number of benzene rings is 2. The van der Waals surface area contributed by atoms with E-state index in [2.05, 4.69) is 21.4 Å². The largest absolute Gasteiger partial charge is 0.271 e. The normalized spacial score (nSPS) is 12.5. The number of hydrazine groups is 1. The Kier molecular flexibility index (Phi) is 4.97. The smallest absolute Gasteiger partial charge is 0.194 e. The molecule has 0 saturated heterocycles. The Balaban J connectivity index is 2.37. The van der Waals surface area contributed by atoms with Gasteiger partial charge in [0.05, 0.1) is 10.5 Å². The topological polar surface area (TPSA) is 38.0 Å². The lowest BCUT2D eigenvalue weighted by molar-refractivity contribution is 0.424. The Labute approximate surface area is 127 Å². The van der Waals surface area contributed by atoms with E-state index in [0.717, 1.165) is 12.1 Å². The van der Waals surface area contributed by atoms with Crippen molar-refractivity contribution in [2.45, 2.75) is 12.5 Å². The fourth-order valence-corrected chi connectivity index (χ4v) is 2.42. The van der Waals surface area contributed by atoms with Crippen LogP contribution in [0.15, 0.2) is 34.8 Å². The Hall–Kier alpha value is -1.44. The summed E-state index contributed by atoms with van der Waals surface area (Å²) < 4.78 is 53.7. The molecule has 2 aromatic carbocycles. The molecule has 1 unspecified atom stereocenters. The van der Waals surface area contributed by atoms with Gasteiger partial charge in [-0.2, -0.15) is 0 Å². The molecule has 0 heterocycles. The van der Waals surface area contributed by atoms with Gasteiger partial charge in [0, 0.05) is 5.56 Å². The monoisotopic (exact) mass is 362 g/mol. The summed E-state index contributed by atoms with van der Waals surface area (Å²) in [5, 5.41) is 0. The molecule has 0 bridgehead atoms. The summed E-state index contributed by atoms with van der Waals surface area (Å²) in [7, 11) is 0. The van der Waals surface area contributed by atoms with Crippen LogP contribution >= 0.6 is 15.9 Å². The number of hydrogen-bond acceptors (Lipinski definition) is 2. The Morgan fingerprint density at radius 3 is 2.38 bits per heavy atom. The van der Waals surface area contributed by atoms with Crippen molar-refractivity contribution >= 4 is 15.9 Å². The fraction of sp³-hybridized carbons (Fsp3) is 0.143. The molecule has 0 aliphatic rings. The third kappa shape index (κ3) is 3.25. The first kappa shape index (κ1) is 15.9. The van der Waals surface area contributed by atoms with Crippen LogP contribution in [0.25, 0.3) is 0 Å². The average Bonchev–Trinajstić information content (AvgIpc) is 2.47. The standard InChI is InChI=1S/C14H11BrF4N2/c15-12-7(2-1-3-9(12)16)6-11(21-20)8-4-5-10(17)14(19)13(8)18/h1-5,11,21H,6,20H2. The van der Waals surface area contributed by atoms with Crippen LogP contribution in [0.5, 0.6) is 0 Å². The summed E-state index contributed by atoms with van der Waals surface area (Å²) in [5.74, 6) is 0.721. The molecule has 0 radical (unpaired) electrons. The van der Waals surface area contributed by atoms with Crippen molar-refractivity contribution in [3.05, 3.63) is 69.2 Å².